The van der Waals surface area contributed by atoms with E-state index < -0.39 is 0 Å². The summed E-state index contributed by atoms with van der Waals surface area (Å²) in [6.07, 6.45) is 3.81. The standard InChI is InChI=1S/C15H24N2O2/c1-11(14-9-13(18)6-7-15(14)19)16-10-12-5-3-4-8-17(12)2/h6-7,9,11-12,16,18-19H,3-5,8,10H2,1-2H3. The Hall–Kier alpha value is -1.26. The summed E-state index contributed by atoms with van der Waals surface area (Å²) in [5.74, 6) is 0.422. The van der Waals surface area contributed by atoms with Crippen LogP contribution in [0.2, 0.25) is 0 Å². The first kappa shape index (κ1) is 14.2. The largest absolute Gasteiger partial charge is 0.508 e. The molecule has 1 aromatic carbocycles. The van der Waals surface area contributed by atoms with Gasteiger partial charge in [-0.3, -0.25) is 0 Å². The highest BCUT2D eigenvalue weighted by Crippen LogP contribution is 2.27. The molecule has 0 aliphatic carbocycles. The van der Waals surface area contributed by atoms with E-state index in [0.29, 0.717) is 6.04 Å². The van der Waals surface area contributed by atoms with Crippen molar-refractivity contribution in [3.8, 4) is 11.5 Å². The average molecular weight is 264 g/mol. The van der Waals surface area contributed by atoms with Gasteiger partial charge >= 0.3 is 0 Å². The van der Waals surface area contributed by atoms with E-state index in [1.807, 2.05) is 6.92 Å². The summed E-state index contributed by atoms with van der Waals surface area (Å²) in [7, 11) is 2.17. The number of phenols is 2. The van der Waals surface area contributed by atoms with Gasteiger partial charge in [-0.2, -0.15) is 0 Å². The van der Waals surface area contributed by atoms with Crippen molar-refractivity contribution in [1.29, 1.82) is 0 Å². The fourth-order valence-corrected chi connectivity index (χ4v) is 2.71. The minimum atomic E-state index is 0.0300. The van der Waals surface area contributed by atoms with E-state index in [2.05, 4.69) is 17.3 Å². The number of hydrogen-bond acceptors (Lipinski definition) is 4. The molecule has 106 valence electrons. The van der Waals surface area contributed by atoms with Gasteiger partial charge in [-0.25, -0.2) is 0 Å². The first-order valence-corrected chi connectivity index (χ1v) is 7.03. The van der Waals surface area contributed by atoms with Gasteiger partial charge < -0.3 is 20.4 Å². The zero-order chi connectivity index (χ0) is 13.8. The van der Waals surface area contributed by atoms with Gasteiger partial charge in [0.15, 0.2) is 0 Å². The van der Waals surface area contributed by atoms with Crippen LogP contribution in [0.3, 0.4) is 0 Å². The first-order chi connectivity index (χ1) is 9.08. The van der Waals surface area contributed by atoms with Gasteiger partial charge in [0.1, 0.15) is 11.5 Å². The highest BCUT2D eigenvalue weighted by molar-refractivity contribution is 5.40. The molecular weight excluding hydrogens is 240 g/mol. The van der Waals surface area contributed by atoms with Gasteiger partial charge in [0.25, 0.3) is 0 Å². The molecule has 3 N–H and O–H groups in total. The Kier molecular flexibility index (Phi) is 4.66. The van der Waals surface area contributed by atoms with Gasteiger partial charge in [-0.1, -0.05) is 6.42 Å². The first-order valence-electron chi connectivity index (χ1n) is 7.03. The summed E-state index contributed by atoms with van der Waals surface area (Å²) in [4.78, 5) is 2.39. The van der Waals surface area contributed by atoms with Crippen molar-refractivity contribution >= 4 is 0 Å². The van der Waals surface area contributed by atoms with Crippen LogP contribution in [0, 0.1) is 0 Å². The normalized spacial score (nSPS) is 22.3. The highest BCUT2D eigenvalue weighted by Gasteiger charge is 2.20. The Balaban J connectivity index is 1.93. The lowest BCUT2D eigenvalue weighted by Crippen LogP contribution is -2.43. The van der Waals surface area contributed by atoms with E-state index in [-0.39, 0.29) is 17.5 Å². The van der Waals surface area contributed by atoms with E-state index >= 15 is 0 Å². The smallest absolute Gasteiger partial charge is 0.120 e. The van der Waals surface area contributed by atoms with Gasteiger partial charge in [0.05, 0.1) is 0 Å². The number of benzene rings is 1. The molecule has 0 amide bonds. The molecular formula is C15H24N2O2. The number of likely N-dealkylation sites (N-methyl/N-ethyl adjacent to an activating group) is 1. The van der Waals surface area contributed by atoms with Crippen molar-refractivity contribution in [3.05, 3.63) is 23.8 Å². The van der Waals surface area contributed by atoms with Crippen LogP contribution in [-0.4, -0.2) is 41.3 Å². The van der Waals surface area contributed by atoms with Crippen molar-refractivity contribution in [2.24, 2.45) is 0 Å². The van der Waals surface area contributed by atoms with Crippen LogP contribution in [0.15, 0.2) is 18.2 Å². The molecule has 1 aliphatic rings. The Morgan fingerprint density at radius 3 is 2.89 bits per heavy atom. The predicted octanol–water partition coefficient (Wildman–Crippen LogP) is 2.23. The molecule has 0 radical (unpaired) electrons. The molecule has 0 aromatic heterocycles. The van der Waals surface area contributed by atoms with E-state index in [4.69, 9.17) is 0 Å². The van der Waals surface area contributed by atoms with Gasteiger partial charge in [-0.15, -0.1) is 0 Å². The minimum Gasteiger partial charge on any atom is -0.508 e. The number of aromatic hydroxyl groups is 2. The minimum absolute atomic E-state index is 0.0300. The number of phenolic OH excluding ortho intramolecular Hbond substituents is 2. The van der Waals surface area contributed by atoms with Gasteiger partial charge in [0.2, 0.25) is 0 Å². The molecule has 1 fully saturated rings. The molecule has 1 aromatic rings. The molecule has 19 heavy (non-hydrogen) atoms. The van der Waals surface area contributed by atoms with Crippen LogP contribution in [-0.2, 0) is 0 Å². The van der Waals surface area contributed by atoms with Crippen LogP contribution in [0.4, 0.5) is 0 Å². The number of hydrogen-bond donors (Lipinski definition) is 3. The molecule has 4 heteroatoms. The fourth-order valence-electron chi connectivity index (χ4n) is 2.71. The SMILES string of the molecule is CC(NCC1CCCCN1C)c1cc(O)ccc1O. The number of likely N-dealkylation sites (tertiary alicyclic amines) is 1. The lowest BCUT2D eigenvalue weighted by molar-refractivity contribution is 0.178. The molecule has 4 nitrogen and oxygen atoms in total. The molecule has 1 aliphatic heterocycles. The molecule has 2 rings (SSSR count). The molecule has 1 saturated heterocycles. The van der Waals surface area contributed by atoms with Crippen LogP contribution in [0.25, 0.3) is 0 Å². The van der Waals surface area contributed by atoms with Crippen LogP contribution >= 0.6 is 0 Å². The summed E-state index contributed by atoms with van der Waals surface area (Å²) < 4.78 is 0. The number of piperidine rings is 1. The van der Waals surface area contributed by atoms with Crippen LogP contribution in [0.5, 0.6) is 11.5 Å². The molecule has 2 unspecified atom stereocenters. The monoisotopic (exact) mass is 264 g/mol. The maximum atomic E-state index is 9.83. The molecule has 0 bridgehead atoms. The lowest BCUT2D eigenvalue weighted by atomic mass is 10.0. The number of rotatable bonds is 4. The summed E-state index contributed by atoms with van der Waals surface area (Å²) in [6.45, 7) is 4.09. The van der Waals surface area contributed by atoms with Crippen molar-refractivity contribution in [2.75, 3.05) is 20.1 Å². The van der Waals surface area contributed by atoms with Crippen LogP contribution < -0.4 is 5.32 Å². The Labute approximate surface area is 115 Å². The summed E-state index contributed by atoms with van der Waals surface area (Å²) >= 11 is 0. The third-order valence-corrected chi connectivity index (χ3v) is 4.06. The second-order valence-electron chi connectivity index (χ2n) is 5.50. The lowest BCUT2D eigenvalue weighted by Gasteiger charge is -2.33. The van der Waals surface area contributed by atoms with E-state index in [1.54, 1.807) is 6.07 Å². The Morgan fingerprint density at radius 1 is 1.37 bits per heavy atom. The quantitative estimate of drug-likeness (QED) is 0.730. The number of nitrogens with zero attached hydrogens (tertiary/aromatic N) is 1. The molecule has 2 atom stereocenters. The average Bonchev–Trinajstić information content (AvgIpc) is 2.40. The second kappa shape index (κ2) is 6.26. The Morgan fingerprint density at radius 2 is 2.16 bits per heavy atom. The van der Waals surface area contributed by atoms with E-state index in [1.165, 1.54) is 31.4 Å². The van der Waals surface area contributed by atoms with E-state index in [9.17, 15) is 10.2 Å². The van der Waals surface area contributed by atoms with E-state index in [0.717, 1.165) is 18.7 Å². The second-order valence-corrected chi connectivity index (χ2v) is 5.50. The van der Waals surface area contributed by atoms with Gasteiger partial charge in [0, 0.05) is 24.2 Å². The van der Waals surface area contributed by atoms with Crippen molar-refractivity contribution in [3.63, 3.8) is 0 Å². The maximum absolute atomic E-state index is 9.83. The van der Waals surface area contributed by atoms with Crippen molar-refractivity contribution in [1.82, 2.24) is 10.2 Å². The molecule has 0 spiro atoms. The number of nitrogens with one attached hydrogen (secondary N) is 1. The summed E-state index contributed by atoms with van der Waals surface area (Å²) in [5, 5.41) is 22.8. The molecule has 1 heterocycles. The maximum Gasteiger partial charge on any atom is 0.120 e. The fraction of sp³-hybridized carbons (Fsp3) is 0.600. The van der Waals surface area contributed by atoms with Crippen molar-refractivity contribution in [2.45, 2.75) is 38.3 Å². The summed E-state index contributed by atoms with van der Waals surface area (Å²) in [5.41, 5.74) is 0.749. The zero-order valence-corrected chi connectivity index (χ0v) is 11.8. The summed E-state index contributed by atoms with van der Waals surface area (Å²) in [6, 6.07) is 5.26. The zero-order valence-electron chi connectivity index (χ0n) is 11.8. The van der Waals surface area contributed by atoms with Crippen molar-refractivity contribution < 1.29 is 10.2 Å². The highest BCUT2D eigenvalue weighted by atomic mass is 16.3. The Bertz CT molecular complexity index is 423. The third kappa shape index (κ3) is 3.61. The topological polar surface area (TPSA) is 55.7 Å². The predicted molar refractivity (Wildman–Crippen MR) is 76.5 cm³/mol. The van der Waals surface area contributed by atoms with Gasteiger partial charge in [-0.05, 0) is 51.6 Å². The van der Waals surface area contributed by atoms with Crippen LogP contribution in [0.1, 0.15) is 37.8 Å². The molecule has 0 saturated carbocycles. The third-order valence-electron chi connectivity index (χ3n) is 4.06.